The second-order valence-electron chi connectivity index (χ2n) is 5.53. The highest BCUT2D eigenvalue weighted by Crippen LogP contribution is 2.21. The van der Waals surface area contributed by atoms with E-state index in [2.05, 4.69) is 5.32 Å². The van der Waals surface area contributed by atoms with Gasteiger partial charge < -0.3 is 5.32 Å². The molecular formula is C17H19NO4S2. The molecule has 5 nitrogen and oxygen atoms in total. The third-order valence-corrected chi connectivity index (χ3v) is 5.79. The summed E-state index contributed by atoms with van der Waals surface area (Å²) < 4.78 is 23.0. The maximum absolute atomic E-state index is 12.3. The SMILES string of the molecule is CC[C@H](NC(=O)c1csc(C(C)=O)c1)c1ccc(S(C)(=O)=O)cc1. The molecule has 0 saturated carbocycles. The summed E-state index contributed by atoms with van der Waals surface area (Å²) in [7, 11) is -3.24. The summed E-state index contributed by atoms with van der Waals surface area (Å²) >= 11 is 1.24. The largest absolute Gasteiger partial charge is 0.345 e. The van der Waals surface area contributed by atoms with Gasteiger partial charge in [0.15, 0.2) is 15.6 Å². The van der Waals surface area contributed by atoms with Gasteiger partial charge in [-0.1, -0.05) is 19.1 Å². The Bertz CT molecular complexity index is 851. The summed E-state index contributed by atoms with van der Waals surface area (Å²) in [5.74, 6) is -0.319. The lowest BCUT2D eigenvalue weighted by atomic mass is 10.0. The van der Waals surface area contributed by atoms with Crippen LogP contribution in [-0.2, 0) is 9.84 Å². The van der Waals surface area contributed by atoms with Crippen LogP contribution in [0, 0.1) is 0 Å². The van der Waals surface area contributed by atoms with E-state index in [9.17, 15) is 18.0 Å². The number of thiophene rings is 1. The van der Waals surface area contributed by atoms with Crippen LogP contribution in [0.4, 0.5) is 0 Å². The van der Waals surface area contributed by atoms with Crippen LogP contribution < -0.4 is 5.32 Å². The summed E-state index contributed by atoms with van der Waals surface area (Å²) in [6.07, 6.45) is 1.82. The first-order chi connectivity index (χ1) is 11.2. The highest BCUT2D eigenvalue weighted by atomic mass is 32.2. The van der Waals surface area contributed by atoms with Crippen molar-refractivity contribution in [3.8, 4) is 0 Å². The standard InChI is InChI=1S/C17H19NO4S2/c1-4-15(12-5-7-14(8-6-12)24(3,21)22)18-17(20)13-9-16(11(2)19)23-10-13/h5-10,15H,4H2,1-3H3,(H,18,20)/t15-/m0/s1. The minimum atomic E-state index is -3.24. The second kappa shape index (κ2) is 7.27. The molecule has 1 aromatic carbocycles. The Kier molecular flexibility index (Phi) is 5.56. The number of ketones is 1. The van der Waals surface area contributed by atoms with E-state index in [1.54, 1.807) is 23.6 Å². The molecule has 0 bridgehead atoms. The summed E-state index contributed by atoms with van der Waals surface area (Å²) in [4.78, 5) is 24.5. The van der Waals surface area contributed by atoms with Crippen LogP contribution in [0.3, 0.4) is 0 Å². The topological polar surface area (TPSA) is 80.3 Å². The predicted octanol–water partition coefficient (Wildman–Crippen LogP) is 3.24. The molecule has 7 heteroatoms. The summed E-state index contributed by atoms with van der Waals surface area (Å²) in [6, 6.07) is 7.85. The number of sulfone groups is 1. The minimum Gasteiger partial charge on any atom is -0.345 e. The Morgan fingerprint density at radius 2 is 1.83 bits per heavy atom. The van der Waals surface area contributed by atoms with Crippen LogP contribution in [0.5, 0.6) is 0 Å². The molecular weight excluding hydrogens is 346 g/mol. The molecule has 1 aromatic heterocycles. The zero-order valence-corrected chi connectivity index (χ0v) is 15.3. The second-order valence-corrected chi connectivity index (χ2v) is 8.46. The number of benzene rings is 1. The van der Waals surface area contributed by atoms with E-state index < -0.39 is 9.84 Å². The summed E-state index contributed by atoms with van der Waals surface area (Å²) in [5, 5.41) is 4.57. The number of hydrogen-bond acceptors (Lipinski definition) is 5. The fourth-order valence-electron chi connectivity index (χ4n) is 2.25. The zero-order chi connectivity index (χ0) is 17.9. The lowest BCUT2D eigenvalue weighted by Gasteiger charge is -2.17. The van der Waals surface area contributed by atoms with Gasteiger partial charge in [0.1, 0.15) is 0 Å². The van der Waals surface area contributed by atoms with Crippen LogP contribution in [0.2, 0.25) is 0 Å². The number of Topliss-reactive ketones (excluding diaryl/α,β-unsaturated/α-hetero) is 1. The highest BCUT2D eigenvalue weighted by Gasteiger charge is 2.17. The lowest BCUT2D eigenvalue weighted by Crippen LogP contribution is -2.27. The molecule has 0 saturated heterocycles. The third kappa shape index (κ3) is 4.30. The molecule has 128 valence electrons. The third-order valence-electron chi connectivity index (χ3n) is 3.63. The predicted molar refractivity (Wildman–Crippen MR) is 94.4 cm³/mol. The van der Waals surface area contributed by atoms with Crippen LogP contribution in [0.25, 0.3) is 0 Å². The van der Waals surface area contributed by atoms with Crippen LogP contribution in [0.15, 0.2) is 40.6 Å². The zero-order valence-electron chi connectivity index (χ0n) is 13.7. The molecule has 2 rings (SSSR count). The molecule has 1 N–H and O–H groups in total. The molecule has 1 atom stereocenters. The van der Waals surface area contributed by atoms with E-state index in [-0.39, 0.29) is 22.6 Å². The Morgan fingerprint density at radius 3 is 2.29 bits per heavy atom. The summed E-state index contributed by atoms with van der Waals surface area (Å²) in [5.41, 5.74) is 1.29. The quantitative estimate of drug-likeness (QED) is 0.797. The van der Waals surface area contributed by atoms with Crippen molar-refractivity contribution in [2.45, 2.75) is 31.2 Å². The van der Waals surface area contributed by atoms with E-state index in [0.29, 0.717) is 16.9 Å². The van der Waals surface area contributed by atoms with Crippen LogP contribution >= 0.6 is 11.3 Å². The van der Waals surface area contributed by atoms with Gasteiger partial charge in [-0.15, -0.1) is 11.3 Å². The number of hydrogen-bond donors (Lipinski definition) is 1. The van der Waals surface area contributed by atoms with Crippen molar-refractivity contribution in [3.05, 3.63) is 51.7 Å². The van der Waals surface area contributed by atoms with Crippen LogP contribution in [0.1, 0.15) is 51.9 Å². The molecule has 0 fully saturated rings. The molecule has 2 aromatic rings. The molecule has 0 aliphatic rings. The maximum Gasteiger partial charge on any atom is 0.252 e. The van der Waals surface area contributed by atoms with Crippen molar-refractivity contribution in [3.63, 3.8) is 0 Å². The normalized spacial score (nSPS) is 12.6. The first kappa shape index (κ1) is 18.4. The Balaban J connectivity index is 2.16. The number of carbonyl (C=O) groups is 2. The fourth-order valence-corrected chi connectivity index (χ4v) is 3.67. The van der Waals surface area contributed by atoms with E-state index in [1.165, 1.54) is 30.4 Å². The summed E-state index contributed by atoms with van der Waals surface area (Å²) in [6.45, 7) is 3.40. The molecule has 0 aliphatic heterocycles. The number of rotatable bonds is 6. The fraction of sp³-hybridized carbons (Fsp3) is 0.294. The highest BCUT2D eigenvalue weighted by molar-refractivity contribution is 7.90. The lowest BCUT2D eigenvalue weighted by molar-refractivity contribution is 0.0936. The first-order valence-corrected chi connectivity index (χ1v) is 10.2. The van der Waals surface area contributed by atoms with E-state index in [1.807, 2.05) is 6.92 Å². The molecule has 1 amide bonds. The molecule has 24 heavy (non-hydrogen) atoms. The average molecular weight is 365 g/mol. The van der Waals surface area contributed by atoms with Gasteiger partial charge in [-0.2, -0.15) is 0 Å². The van der Waals surface area contributed by atoms with Gasteiger partial charge in [0, 0.05) is 11.6 Å². The van der Waals surface area contributed by atoms with Gasteiger partial charge in [0.25, 0.3) is 5.91 Å². The number of amides is 1. The minimum absolute atomic E-state index is 0.0672. The van der Waals surface area contributed by atoms with Gasteiger partial charge >= 0.3 is 0 Å². The Labute approximate surface area is 145 Å². The number of nitrogens with one attached hydrogen (secondary N) is 1. The van der Waals surface area contributed by atoms with Gasteiger partial charge in [-0.25, -0.2) is 8.42 Å². The monoisotopic (exact) mass is 365 g/mol. The van der Waals surface area contributed by atoms with E-state index in [0.717, 1.165) is 11.8 Å². The van der Waals surface area contributed by atoms with Crippen molar-refractivity contribution >= 4 is 32.9 Å². The van der Waals surface area contributed by atoms with Gasteiger partial charge in [-0.05, 0) is 37.1 Å². The molecule has 0 radical (unpaired) electrons. The molecule has 0 unspecified atom stereocenters. The Hall–Kier alpha value is -1.99. The Morgan fingerprint density at radius 1 is 1.21 bits per heavy atom. The van der Waals surface area contributed by atoms with Crippen molar-refractivity contribution in [2.24, 2.45) is 0 Å². The van der Waals surface area contributed by atoms with Crippen molar-refractivity contribution < 1.29 is 18.0 Å². The first-order valence-electron chi connectivity index (χ1n) is 7.42. The van der Waals surface area contributed by atoms with Gasteiger partial charge in [0.2, 0.25) is 0 Å². The maximum atomic E-state index is 12.3. The molecule has 0 aliphatic carbocycles. The van der Waals surface area contributed by atoms with Crippen molar-refractivity contribution in [1.29, 1.82) is 0 Å². The van der Waals surface area contributed by atoms with E-state index in [4.69, 9.17) is 0 Å². The number of carbonyl (C=O) groups excluding carboxylic acids is 2. The van der Waals surface area contributed by atoms with Crippen molar-refractivity contribution in [2.75, 3.05) is 6.26 Å². The molecule has 1 heterocycles. The smallest absolute Gasteiger partial charge is 0.252 e. The van der Waals surface area contributed by atoms with Crippen LogP contribution in [-0.4, -0.2) is 26.4 Å². The van der Waals surface area contributed by atoms with E-state index >= 15 is 0 Å². The van der Waals surface area contributed by atoms with Crippen molar-refractivity contribution in [1.82, 2.24) is 5.32 Å². The molecule has 0 spiro atoms. The van der Waals surface area contributed by atoms with Gasteiger partial charge in [0.05, 0.1) is 21.4 Å². The average Bonchev–Trinajstić information content (AvgIpc) is 3.02. The van der Waals surface area contributed by atoms with Gasteiger partial charge in [-0.3, -0.25) is 9.59 Å².